The summed E-state index contributed by atoms with van der Waals surface area (Å²) >= 11 is 5.95. The summed E-state index contributed by atoms with van der Waals surface area (Å²) in [5.74, 6) is -0.534. The van der Waals surface area contributed by atoms with E-state index in [1.165, 1.54) is 0 Å². The van der Waals surface area contributed by atoms with Gasteiger partial charge in [0.05, 0.1) is 12.0 Å². The minimum atomic E-state index is -1.15. The Morgan fingerprint density at radius 3 is 2.42 bits per heavy atom. The van der Waals surface area contributed by atoms with Gasteiger partial charge in [-0.2, -0.15) is 0 Å². The number of aliphatic hydroxyl groups is 1. The maximum absolute atomic E-state index is 12.0. The lowest BCUT2D eigenvalue weighted by atomic mass is 9.85. The van der Waals surface area contributed by atoms with Gasteiger partial charge in [-0.3, -0.25) is 15.4 Å². The zero-order valence-electron chi connectivity index (χ0n) is 14.3. The molecule has 1 aliphatic rings. The van der Waals surface area contributed by atoms with Gasteiger partial charge in [-0.1, -0.05) is 54.1 Å². The Morgan fingerprint density at radius 1 is 1.19 bits per heavy atom. The second-order valence-corrected chi connectivity index (χ2v) is 6.72. The van der Waals surface area contributed by atoms with Gasteiger partial charge in [-0.15, -0.1) is 0 Å². The summed E-state index contributed by atoms with van der Waals surface area (Å²) in [4.78, 5) is 11.7. The van der Waals surface area contributed by atoms with E-state index in [-0.39, 0.29) is 4.92 Å². The Bertz CT molecular complexity index is 741. The van der Waals surface area contributed by atoms with Gasteiger partial charge in [-0.05, 0) is 30.2 Å². The fourth-order valence-electron chi connectivity index (χ4n) is 3.66. The predicted octanol–water partition coefficient (Wildman–Crippen LogP) is 3.14. The van der Waals surface area contributed by atoms with Crippen LogP contribution in [0.15, 0.2) is 54.6 Å². The van der Waals surface area contributed by atoms with Gasteiger partial charge in [0.15, 0.2) is 6.29 Å². The van der Waals surface area contributed by atoms with Gasteiger partial charge in [-0.25, -0.2) is 0 Å². The smallest absolute Gasteiger partial charge is 0.240 e. The highest BCUT2D eigenvalue weighted by Gasteiger charge is 2.54. The molecular formula is C19H21ClN2O4. The molecule has 0 bridgehead atoms. The number of nitro groups is 1. The molecule has 3 rings (SSSR count). The van der Waals surface area contributed by atoms with Crippen molar-refractivity contribution in [2.75, 3.05) is 6.61 Å². The number of nitrogens with one attached hydrogen (secondary N) is 1. The van der Waals surface area contributed by atoms with Crippen LogP contribution >= 0.6 is 11.6 Å². The summed E-state index contributed by atoms with van der Waals surface area (Å²) in [6.45, 7) is 2.09. The number of benzene rings is 2. The third-order valence-electron chi connectivity index (χ3n) is 4.77. The van der Waals surface area contributed by atoms with Crippen molar-refractivity contribution in [2.45, 2.75) is 37.3 Å². The monoisotopic (exact) mass is 376 g/mol. The van der Waals surface area contributed by atoms with Crippen LogP contribution in [0.25, 0.3) is 0 Å². The molecule has 2 N–H and O–H groups in total. The molecule has 6 nitrogen and oxygen atoms in total. The Balaban J connectivity index is 2.04. The van der Waals surface area contributed by atoms with Gasteiger partial charge in [0, 0.05) is 16.6 Å². The molecule has 1 aliphatic heterocycles. The molecule has 1 fully saturated rings. The highest BCUT2D eigenvalue weighted by Crippen LogP contribution is 2.41. The molecule has 1 saturated heterocycles. The van der Waals surface area contributed by atoms with Gasteiger partial charge < -0.3 is 9.84 Å². The summed E-state index contributed by atoms with van der Waals surface area (Å²) in [5.41, 5.74) is 1.55. The van der Waals surface area contributed by atoms with Crippen molar-refractivity contribution < 1.29 is 14.8 Å². The quantitative estimate of drug-likeness (QED) is 0.459. The fourth-order valence-corrected chi connectivity index (χ4v) is 3.79. The summed E-state index contributed by atoms with van der Waals surface area (Å²) in [7, 11) is 0. The first kappa shape index (κ1) is 18.8. The molecule has 0 saturated carbocycles. The average Bonchev–Trinajstić information content (AvgIpc) is 3.04. The van der Waals surface area contributed by atoms with Gasteiger partial charge in [0.1, 0.15) is 6.04 Å². The molecule has 0 unspecified atom stereocenters. The SMILES string of the molecule is CCO[C@H](O)[C@@H]1N[C@H](c2ccc(Cl)cc2)[C@@H]([N+](=O)[O-])[C@@H]1c1ccccc1. The normalized spacial score (nSPS) is 26.6. The average molecular weight is 377 g/mol. The lowest BCUT2D eigenvalue weighted by Crippen LogP contribution is -2.41. The van der Waals surface area contributed by atoms with Crippen LogP contribution in [0.2, 0.25) is 5.02 Å². The summed E-state index contributed by atoms with van der Waals surface area (Å²) in [6, 6.07) is 14.1. The Labute approximate surface area is 156 Å². The highest BCUT2D eigenvalue weighted by atomic mass is 35.5. The van der Waals surface area contributed by atoms with Crippen LogP contribution in [0.3, 0.4) is 0 Å². The number of aliphatic hydroxyl groups excluding tert-OH is 1. The molecule has 0 aromatic heterocycles. The van der Waals surface area contributed by atoms with Crippen molar-refractivity contribution in [1.29, 1.82) is 0 Å². The number of nitrogens with zero attached hydrogens (tertiary/aromatic N) is 1. The van der Waals surface area contributed by atoms with Crippen molar-refractivity contribution in [2.24, 2.45) is 0 Å². The van der Waals surface area contributed by atoms with E-state index in [9.17, 15) is 15.2 Å². The molecule has 0 amide bonds. The second-order valence-electron chi connectivity index (χ2n) is 6.28. The van der Waals surface area contributed by atoms with E-state index in [1.807, 2.05) is 30.3 Å². The summed E-state index contributed by atoms with van der Waals surface area (Å²) in [5, 5.41) is 26.2. The van der Waals surface area contributed by atoms with E-state index in [2.05, 4.69) is 5.32 Å². The Morgan fingerprint density at radius 2 is 1.85 bits per heavy atom. The van der Waals surface area contributed by atoms with E-state index in [1.54, 1.807) is 31.2 Å². The van der Waals surface area contributed by atoms with Gasteiger partial charge in [0.2, 0.25) is 6.04 Å². The third-order valence-corrected chi connectivity index (χ3v) is 5.02. The zero-order valence-corrected chi connectivity index (χ0v) is 15.0. The Hall–Kier alpha value is -1.99. The third kappa shape index (κ3) is 3.73. The molecule has 26 heavy (non-hydrogen) atoms. The van der Waals surface area contributed by atoms with Crippen LogP contribution in [0, 0.1) is 10.1 Å². The number of halogens is 1. The van der Waals surface area contributed by atoms with Crippen molar-refractivity contribution in [3.05, 3.63) is 80.9 Å². The first-order valence-corrected chi connectivity index (χ1v) is 8.90. The fraction of sp³-hybridized carbons (Fsp3) is 0.368. The molecule has 0 aliphatic carbocycles. The molecular weight excluding hydrogens is 356 g/mol. The van der Waals surface area contributed by atoms with Gasteiger partial charge in [0.25, 0.3) is 0 Å². The maximum atomic E-state index is 12.0. The minimum absolute atomic E-state index is 0.275. The van der Waals surface area contributed by atoms with Gasteiger partial charge >= 0.3 is 0 Å². The lowest BCUT2D eigenvalue weighted by Gasteiger charge is -2.24. The second kappa shape index (κ2) is 8.14. The van der Waals surface area contributed by atoms with Crippen LogP contribution in [0.1, 0.15) is 30.0 Å². The largest absolute Gasteiger partial charge is 0.367 e. The molecule has 1 heterocycles. The predicted molar refractivity (Wildman–Crippen MR) is 98.7 cm³/mol. The number of hydrogen-bond donors (Lipinski definition) is 2. The van der Waals surface area contributed by atoms with Crippen LogP contribution in [0.4, 0.5) is 0 Å². The lowest BCUT2D eigenvalue weighted by molar-refractivity contribution is -0.527. The van der Waals surface area contributed by atoms with Crippen LogP contribution in [-0.4, -0.2) is 35.0 Å². The molecule has 7 heteroatoms. The van der Waals surface area contributed by atoms with Crippen molar-refractivity contribution in [1.82, 2.24) is 5.32 Å². The van der Waals surface area contributed by atoms with E-state index in [4.69, 9.17) is 16.3 Å². The molecule has 0 spiro atoms. The van der Waals surface area contributed by atoms with Crippen LogP contribution in [0.5, 0.6) is 0 Å². The molecule has 2 aromatic rings. The summed E-state index contributed by atoms with van der Waals surface area (Å²) in [6.07, 6.45) is -1.15. The molecule has 2 aromatic carbocycles. The van der Waals surface area contributed by atoms with E-state index < -0.39 is 30.3 Å². The van der Waals surface area contributed by atoms with E-state index >= 15 is 0 Å². The molecule has 5 atom stereocenters. The van der Waals surface area contributed by atoms with Crippen LogP contribution in [-0.2, 0) is 4.74 Å². The summed E-state index contributed by atoms with van der Waals surface area (Å²) < 4.78 is 5.36. The number of hydrogen-bond acceptors (Lipinski definition) is 5. The minimum Gasteiger partial charge on any atom is -0.367 e. The topological polar surface area (TPSA) is 84.6 Å². The standard InChI is InChI=1S/C19H21ClN2O4/c1-2-26-19(23)17-15(12-6-4-3-5-7-12)18(22(24)25)16(21-17)13-8-10-14(20)11-9-13/h3-11,15-19,21,23H,2H2,1H3/t15-,16-,17-,18+,19+/m1/s1. The van der Waals surface area contributed by atoms with Crippen LogP contribution < -0.4 is 5.32 Å². The zero-order chi connectivity index (χ0) is 18.7. The molecule has 0 radical (unpaired) electrons. The van der Waals surface area contributed by atoms with E-state index in [0.29, 0.717) is 11.6 Å². The number of ether oxygens (including phenoxy) is 1. The van der Waals surface area contributed by atoms with Crippen molar-refractivity contribution in [3.8, 4) is 0 Å². The van der Waals surface area contributed by atoms with E-state index in [0.717, 1.165) is 11.1 Å². The molecule has 138 valence electrons. The first-order chi connectivity index (χ1) is 12.5. The first-order valence-electron chi connectivity index (χ1n) is 8.52. The van der Waals surface area contributed by atoms with Crippen molar-refractivity contribution in [3.63, 3.8) is 0 Å². The maximum Gasteiger partial charge on any atom is 0.240 e. The van der Waals surface area contributed by atoms with Crippen molar-refractivity contribution >= 4 is 11.6 Å². The highest BCUT2D eigenvalue weighted by molar-refractivity contribution is 6.30. The Kier molecular flexibility index (Phi) is 5.88. The number of rotatable bonds is 6.